The van der Waals surface area contributed by atoms with E-state index >= 15 is 0 Å². The first-order valence-electron chi connectivity index (χ1n) is 43.5. The summed E-state index contributed by atoms with van der Waals surface area (Å²) in [4.78, 5) is 13.5. The Bertz CT molecular complexity index is 2150. The normalized spacial score (nSPS) is 25.9. The van der Waals surface area contributed by atoms with E-state index < -0.39 is 124 Å². The Kier molecular flexibility index (Phi) is 61.8. The van der Waals surface area contributed by atoms with Crippen molar-refractivity contribution >= 4 is 5.91 Å². The van der Waals surface area contributed by atoms with Gasteiger partial charge in [-0.2, -0.15) is 0 Å². The summed E-state index contributed by atoms with van der Waals surface area (Å²) in [6.45, 7) is 1.68. The number of allylic oxidation sites excluding steroid dienone is 9. The summed E-state index contributed by atoms with van der Waals surface area (Å²) < 4.78 is 34.5. The van der Waals surface area contributed by atoms with Crippen molar-refractivity contribution in [2.24, 2.45) is 0 Å². The molecule has 0 aromatic carbocycles. The number of aliphatic hydroxyl groups is 11. The second-order valence-corrected chi connectivity index (χ2v) is 31.0. The number of carbonyl (C=O) groups excluding carboxylic acids is 1. The number of hydrogen-bond acceptors (Lipinski definition) is 18. The van der Waals surface area contributed by atoms with Crippen LogP contribution in [0.25, 0.3) is 0 Å². The van der Waals surface area contributed by atoms with Crippen LogP contribution in [0.15, 0.2) is 60.8 Å². The molecule has 0 spiro atoms. The third-order valence-electron chi connectivity index (χ3n) is 21.6. The predicted molar refractivity (Wildman–Crippen MR) is 425 cm³/mol. The van der Waals surface area contributed by atoms with Crippen LogP contribution in [0, 0.1) is 0 Å². The van der Waals surface area contributed by atoms with Crippen LogP contribution in [-0.2, 0) is 33.2 Å². The fourth-order valence-electron chi connectivity index (χ4n) is 14.7. The van der Waals surface area contributed by atoms with Gasteiger partial charge in [0.15, 0.2) is 18.9 Å². The Morgan fingerprint density at radius 3 is 1.02 bits per heavy atom. The summed E-state index contributed by atoms with van der Waals surface area (Å²) in [5.74, 6) is -0.270. The van der Waals surface area contributed by atoms with Crippen molar-refractivity contribution in [1.29, 1.82) is 0 Å². The fourth-order valence-corrected chi connectivity index (χ4v) is 14.7. The molecule has 19 heteroatoms. The molecule has 0 aromatic heterocycles. The van der Waals surface area contributed by atoms with E-state index in [-0.39, 0.29) is 18.9 Å². The van der Waals surface area contributed by atoms with Crippen molar-refractivity contribution in [3.05, 3.63) is 60.8 Å². The largest absolute Gasteiger partial charge is 0.394 e. The van der Waals surface area contributed by atoms with Crippen LogP contribution in [0.1, 0.15) is 354 Å². The Morgan fingerprint density at radius 1 is 0.349 bits per heavy atom. The van der Waals surface area contributed by atoms with Gasteiger partial charge < -0.3 is 89.9 Å². The van der Waals surface area contributed by atoms with E-state index in [0.29, 0.717) is 6.42 Å². The van der Waals surface area contributed by atoms with Crippen molar-refractivity contribution in [2.45, 2.75) is 458 Å². The zero-order valence-corrected chi connectivity index (χ0v) is 66.7. The highest BCUT2D eigenvalue weighted by molar-refractivity contribution is 5.76. The molecule has 19 nitrogen and oxygen atoms in total. The van der Waals surface area contributed by atoms with E-state index in [9.17, 15) is 61.0 Å². The van der Waals surface area contributed by atoms with Crippen molar-refractivity contribution < 1.29 is 89.4 Å². The van der Waals surface area contributed by atoms with Gasteiger partial charge in [0.05, 0.1) is 38.6 Å². The number of amides is 1. The molecule has 12 N–H and O–H groups in total. The van der Waals surface area contributed by atoms with Crippen LogP contribution in [0.3, 0.4) is 0 Å². The molecule has 3 saturated heterocycles. The lowest BCUT2D eigenvalue weighted by Gasteiger charge is -2.48. The third kappa shape index (κ3) is 45.9. The minimum Gasteiger partial charge on any atom is -0.394 e. The highest BCUT2D eigenvalue weighted by atomic mass is 16.8. The van der Waals surface area contributed by atoms with Gasteiger partial charge in [-0.05, 0) is 57.8 Å². The average Bonchev–Trinajstić information content (AvgIpc) is 0.780. The van der Waals surface area contributed by atoms with Gasteiger partial charge in [-0.15, -0.1) is 0 Å². The van der Waals surface area contributed by atoms with Crippen LogP contribution < -0.4 is 5.32 Å². The maximum atomic E-state index is 13.5. The molecule has 0 aliphatic carbocycles. The molecule has 0 aromatic rings. The molecule has 3 aliphatic heterocycles. The summed E-state index contributed by atoms with van der Waals surface area (Å²) in [5.41, 5.74) is 0. The zero-order valence-electron chi connectivity index (χ0n) is 66.7. The van der Waals surface area contributed by atoms with E-state index in [1.807, 2.05) is 6.08 Å². The molecular weight excluding hydrogens is 1350 g/mol. The van der Waals surface area contributed by atoms with Gasteiger partial charge in [-0.25, -0.2) is 0 Å². The molecule has 3 heterocycles. The molecule has 0 radical (unpaired) electrons. The molecule has 17 atom stereocenters. The summed E-state index contributed by atoms with van der Waals surface area (Å²) >= 11 is 0. The second kappa shape index (κ2) is 67.0. The molecule has 3 aliphatic rings. The molecule has 17 unspecified atom stereocenters. The lowest BCUT2D eigenvalue weighted by molar-refractivity contribution is -0.379. The number of nitrogens with one attached hydrogen (secondary N) is 1. The van der Waals surface area contributed by atoms with Gasteiger partial charge in [0, 0.05) is 6.42 Å². The Labute approximate surface area is 643 Å². The number of aliphatic hydroxyl groups excluding tert-OH is 11. The molecule has 620 valence electrons. The van der Waals surface area contributed by atoms with Crippen LogP contribution in [-0.4, -0.2) is 193 Å². The second-order valence-electron chi connectivity index (χ2n) is 31.0. The summed E-state index contributed by atoms with van der Waals surface area (Å²) in [6, 6.07) is -0.976. The first-order valence-corrected chi connectivity index (χ1v) is 43.5. The third-order valence-corrected chi connectivity index (χ3v) is 21.6. The van der Waals surface area contributed by atoms with Crippen LogP contribution in [0.2, 0.25) is 0 Å². The van der Waals surface area contributed by atoms with Crippen LogP contribution in [0.5, 0.6) is 0 Å². The Hall–Kier alpha value is -2.51. The van der Waals surface area contributed by atoms with Gasteiger partial charge in [0.2, 0.25) is 5.91 Å². The number of ether oxygens (including phenoxy) is 6. The number of rotatable bonds is 70. The van der Waals surface area contributed by atoms with E-state index in [4.69, 9.17) is 28.4 Å². The quantitative estimate of drug-likeness (QED) is 0.0199. The van der Waals surface area contributed by atoms with Crippen molar-refractivity contribution in [3.63, 3.8) is 0 Å². The molecular formula is C87H159NO18. The highest BCUT2D eigenvalue weighted by Gasteiger charge is 2.54. The van der Waals surface area contributed by atoms with E-state index in [1.165, 1.54) is 257 Å². The van der Waals surface area contributed by atoms with E-state index in [0.717, 1.165) is 70.6 Å². The van der Waals surface area contributed by atoms with Gasteiger partial charge in [-0.1, -0.05) is 351 Å². The van der Waals surface area contributed by atoms with Gasteiger partial charge >= 0.3 is 0 Å². The average molecular weight is 1510 g/mol. The van der Waals surface area contributed by atoms with Crippen LogP contribution in [0.4, 0.5) is 0 Å². The fraction of sp³-hybridized carbons (Fsp3) is 0.874. The molecule has 106 heavy (non-hydrogen) atoms. The molecule has 1 amide bonds. The smallest absolute Gasteiger partial charge is 0.220 e. The number of unbranched alkanes of at least 4 members (excludes halogenated alkanes) is 46. The Balaban J connectivity index is 1.34. The maximum absolute atomic E-state index is 13.5. The maximum Gasteiger partial charge on any atom is 0.220 e. The lowest BCUT2D eigenvalue weighted by atomic mass is 9.96. The SMILES string of the molecule is CC/C=C\C/C=C\C/C=C\C/C=C\CCCCCCCCCCCCCCCCCCCCC(=O)NC(COC1OC(CO)C(OC2OC(CO)C(OC3OC(CO)C(O)C(O)C3O)C(O)C2O)C(O)C1O)C(O)/C=C/CCCCCCCCCCCCCCCCCCCCCCCCCCCCCC. The van der Waals surface area contributed by atoms with Gasteiger partial charge in [0.1, 0.15) is 73.2 Å². The summed E-state index contributed by atoms with van der Waals surface area (Å²) in [7, 11) is 0. The van der Waals surface area contributed by atoms with Crippen molar-refractivity contribution in [1.82, 2.24) is 5.32 Å². The highest BCUT2D eigenvalue weighted by Crippen LogP contribution is 2.33. The first kappa shape index (κ1) is 97.7. The molecule has 0 bridgehead atoms. The lowest BCUT2D eigenvalue weighted by Crippen LogP contribution is -2.66. The van der Waals surface area contributed by atoms with E-state index in [2.05, 4.69) is 67.8 Å². The molecule has 3 fully saturated rings. The zero-order chi connectivity index (χ0) is 76.7. The van der Waals surface area contributed by atoms with Crippen LogP contribution >= 0.6 is 0 Å². The van der Waals surface area contributed by atoms with Crippen molar-refractivity contribution in [2.75, 3.05) is 26.4 Å². The predicted octanol–water partition coefficient (Wildman–Crippen LogP) is 15.8. The summed E-state index contributed by atoms with van der Waals surface area (Å²) in [5, 5.41) is 121. The monoisotopic (exact) mass is 1510 g/mol. The van der Waals surface area contributed by atoms with Gasteiger partial charge in [0.25, 0.3) is 0 Å². The first-order chi connectivity index (χ1) is 51.8. The minimum absolute atomic E-state index is 0.244. The number of carbonyl (C=O) groups is 1. The van der Waals surface area contributed by atoms with E-state index in [1.54, 1.807) is 6.08 Å². The summed E-state index contributed by atoms with van der Waals surface area (Å²) in [6.07, 6.45) is 60.7. The Morgan fingerprint density at radius 2 is 0.651 bits per heavy atom. The van der Waals surface area contributed by atoms with Crippen molar-refractivity contribution in [3.8, 4) is 0 Å². The van der Waals surface area contributed by atoms with Gasteiger partial charge in [-0.3, -0.25) is 4.79 Å². The molecule has 3 rings (SSSR count). The topological polar surface area (TPSA) is 307 Å². The standard InChI is InChI=1S/C87H159NO18/c1-3-5-7-9-11-13-15-17-19-21-23-25-27-29-31-33-35-37-39-41-43-45-47-49-51-53-55-57-59-61-63-65-75(93)88-70(71(92)64-62-60-58-56-54-52-50-48-46-44-42-40-38-36-34-32-30-28-26-24-22-20-18-16-14-12-10-8-6-4-2)69-101-85-81(99)78(96)83(73(67-90)103-85)106-87-82(100)79(97)84(74(68-91)104-87)105-86-80(98)77(95)76(94)72(66-89)102-86/h5,7,11,13,17,19,23,25,62,64,70-74,76-87,89-92,94-100H,3-4,6,8-10,12,14-16,18,20-22,24,26-61,63,65-69H2,1-2H3,(H,88,93)/b7-5-,13-11-,19-17-,25-23-,64-62+. The minimum atomic E-state index is -1.98. The molecule has 0 saturated carbocycles. The number of hydrogen-bond donors (Lipinski definition) is 12.